The molecule has 1 nitrogen and oxygen atoms in total. The topological polar surface area (TPSA) is 12.0 Å². The van der Waals surface area contributed by atoms with E-state index in [2.05, 4.69) is 19.2 Å². The minimum atomic E-state index is 0. The Labute approximate surface area is 49.7 Å². The van der Waals surface area contributed by atoms with Crippen molar-refractivity contribution in [2.24, 2.45) is 0 Å². The molecule has 1 N–H and O–H groups in total. The van der Waals surface area contributed by atoms with Crippen LogP contribution in [0, 0.1) is 0 Å². The van der Waals surface area contributed by atoms with Crippen LogP contribution >= 0.6 is 0 Å². The van der Waals surface area contributed by atoms with Gasteiger partial charge in [-0.1, -0.05) is 13.8 Å². The Bertz CT molecular complexity index is 15.0. The Balaban J connectivity index is 0. The maximum absolute atomic E-state index is 3.11. The van der Waals surface area contributed by atoms with Gasteiger partial charge in [0.2, 0.25) is 0 Å². The van der Waals surface area contributed by atoms with Gasteiger partial charge < -0.3 is 5.32 Å². The SMILES string of the molecule is CCNCC.[Co]. The van der Waals surface area contributed by atoms with Crippen molar-refractivity contribution in [2.75, 3.05) is 13.1 Å². The third kappa shape index (κ3) is 8.82. The van der Waals surface area contributed by atoms with Gasteiger partial charge in [-0.15, -0.1) is 0 Å². The quantitative estimate of drug-likeness (QED) is 0.580. The van der Waals surface area contributed by atoms with Crippen LogP contribution in [0.15, 0.2) is 0 Å². The van der Waals surface area contributed by atoms with Crippen molar-refractivity contribution in [3.63, 3.8) is 0 Å². The summed E-state index contributed by atoms with van der Waals surface area (Å²) in [7, 11) is 0. The minimum Gasteiger partial charge on any atom is -0.317 e. The molecule has 0 aromatic rings. The van der Waals surface area contributed by atoms with Gasteiger partial charge >= 0.3 is 0 Å². The fourth-order valence-corrected chi connectivity index (χ4v) is 0.250. The summed E-state index contributed by atoms with van der Waals surface area (Å²) in [6.45, 7) is 6.39. The smallest absolute Gasteiger partial charge is 0 e. The standard InChI is InChI=1S/C4H11N.Co/c1-3-5-4-2;/h5H,3-4H2,1-2H3;. The van der Waals surface area contributed by atoms with E-state index < -0.39 is 0 Å². The van der Waals surface area contributed by atoms with Gasteiger partial charge in [0.1, 0.15) is 0 Å². The third-order valence-corrected chi connectivity index (χ3v) is 0.500. The first-order valence-electron chi connectivity index (χ1n) is 2.12. The van der Waals surface area contributed by atoms with E-state index in [0.29, 0.717) is 0 Å². The normalized spacial score (nSPS) is 7.00. The predicted octanol–water partition coefficient (Wildman–Crippen LogP) is 0.613. The fraction of sp³-hybridized carbons (Fsp3) is 1.00. The summed E-state index contributed by atoms with van der Waals surface area (Å²) in [5.41, 5.74) is 0. The molecule has 0 bridgehead atoms. The van der Waals surface area contributed by atoms with E-state index in [0.717, 1.165) is 13.1 Å². The molecule has 0 aromatic heterocycles. The molecule has 1 radical (unpaired) electrons. The molecule has 41 valence electrons. The van der Waals surface area contributed by atoms with Crippen LogP contribution in [0.25, 0.3) is 0 Å². The van der Waals surface area contributed by atoms with Gasteiger partial charge in [-0.05, 0) is 13.1 Å². The molecule has 0 fully saturated rings. The molecule has 0 saturated carbocycles. The van der Waals surface area contributed by atoms with Gasteiger partial charge in [0.05, 0.1) is 0 Å². The molecule has 2 heteroatoms. The zero-order valence-electron chi connectivity index (χ0n) is 4.25. The van der Waals surface area contributed by atoms with Gasteiger partial charge in [0, 0.05) is 16.8 Å². The Hall–Kier alpha value is 0.466. The summed E-state index contributed by atoms with van der Waals surface area (Å²) >= 11 is 0. The van der Waals surface area contributed by atoms with E-state index in [1.165, 1.54) is 0 Å². The van der Waals surface area contributed by atoms with Crippen LogP contribution in [0.1, 0.15) is 13.8 Å². The largest absolute Gasteiger partial charge is 0.317 e. The van der Waals surface area contributed by atoms with Crippen LogP contribution in [0.3, 0.4) is 0 Å². The van der Waals surface area contributed by atoms with Crippen LogP contribution < -0.4 is 5.32 Å². The van der Waals surface area contributed by atoms with E-state index in [1.54, 1.807) is 0 Å². The van der Waals surface area contributed by atoms with Crippen molar-refractivity contribution in [2.45, 2.75) is 13.8 Å². The maximum Gasteiger partial charge on any atom is 0 e. The molecule has 0 aliphatic rings. The fourth-order valence-electron chi connectivity index (χ4n) is 0.250. The van der Waals surface area contributed by atoms with Crippen LogP contribution in [0.4, 0.5) is 0 Å². The Kier molecular flexibility index (Phi) is 14.7. The van der Waals surface area contributed by atoms with Crippen LogP contribution in [0.5, 0.6) is 0 Å². The van der Waals surface area contributed by atoms with Crippen molar-refractivity contribution in [3.05, 3.63) is 0 Å². The van der Waals surface area contributed by atoms with Crippen molar-refractivity contribution in [1.82, 2.24) is 5.32 Å². The zero-order valence-corrected chi connectivity index (χ0v) is 5.29. The molecule has 0 aliphatic heterocycles. The summed E-state index contributed by atoms with van der Waals surface area (Å²) in [6, 6.07) is 0. The maximum atomic E-state index is 3.11. The van der Waals surface area contributed by atoms with Gasteiger partial charge in [0.15, 0.2) is 0 Å². The summed E-state index contributed by atoms with van der Waals surface area (Å²) in [5.74, 6) is 0. The van der Waals surface area contributed by atoms with E-state index in [4.69, 9.17) is 0 Å². The number of rotatable bonds is 2. The van der Waals surface area contributed by atoms with E-state index in [1.807, 2.05) is 0 Å². The molecule has 0 aliphatic carbocycles. The first kappa shape index (κ1) is 9.69. The molecule has 0 atom stereocenters. The molecular weight excluding hydrogens is 121 g/mol. The van der Waals surface area contributed by atoms with Crippen molar-refractivity contribution in [1.29, 1.82) is 0 Å². The van der Waals surface area contributed by atoms with Gasteiger partial charge in [-0.3, -0.25) is 0 Å². The summed E-state index contributed by atoms with van der Waals surface area (Å²) in [6.07, 6.45) is 0. The van der Waals surface area contributed by atoms with E-state index >= 15 is 0 Å². The second-order valence-electron chi connectivity index (χ2n) is 0.957. The average Bonchev–Trinajstić information content (AvgIpc) is 1.41. The number of nitrogens with one attached hydrogen (secondary N) is 1. The Morgan fingerprint density at radius 1 is 1.17 bits per heavy atom. The molecule has 0 spiro atoms. The molecule has 0 heterocycles. The molecule has 0 saturated heterocycles. The predicted molar refractivity (Wildman–Crippen MR) is 24.2 cm³/mol. The average molecular weight is 132 g/mol. The molecule has 0 amide bonds. The molecular formula is C4H11CoN. The zero-order chi connectivity index (χ0) is 4.12. The second kappa shape index (κ2) is 9.08. The summed E-state index contributed by atoms with van der Waals surface area (Å²) < 4.78 is 0. The first-order valence-corrected chi connectivity index (χ1v) is 2.12. The number of hydrogen-bond donors (Lipinski definition) is 1. The van der Waals surface area contributed by atoms with Crippen molar-refractivity contribution < 1.29 is 16.8 Å². The second-order valence-corrected chi connectivity index (χ2v) is 0.957. The van der Waals surface area contributed by atoms with Crippen LogP contribution in [0.2, 0.25) is 0 Å². The first-order chi connectivity index (χ1) is 2.41. The van der Waals surface area contributed by atoms with E-state index in [9.17, 15) is 0 Å². The van der Waals surface area contributed by atoms with Gasteiger partial charge in [-0.2, -0.15) is 0 Å². The Morgan fingerprint density at radius 3 is 1.50 bits per heavy atom. The van der Waals surface area contributed by atoms with Crippen molar-refractivity contribution >= 4 is 0 Å². The minimum absolute atomic E-state index is 0. The molecule has 6 heavy (non-hydrogen) atoms. The van der Waals surface area contributed by atoms with E-state index in [-0.39, 0.29) is 16.8 Å². The summed E-state index contributed by atoms with van der Waals surface area (Å²) in [5, 5.41) is 3.11. The van der Waals surface area contributed by atoms with Gasteiger partial charge in [0.25, 0.3) is 0 Å². The number of hydrogen-bond acceptors (Lipinski definition) is 1. The molecule has 0 aromatic carbocycles. The molecule has 0 unspecified atom stereocenters. The third-order valence-electron chi connectivity index (χ3n) is 0.500. The van der Waals surface area contributed by atoms with Crippen LogP contribution in [-0.4, -0.2) is 13.1 Å². The summed E-state index contributed by atoms with van der Waals surface area (Å²) in [4.78, 5) is 0. The van der Waals surface area contributed by atoms with Crippen LogP contribution in [-0.2, 0) is 16.8 Å². The molecule has 0 rings (SSSR count). The van der Waals surface area contributed by atoms with Gasteiger partial charge in [-0.25, -0.2) is 0 Å². The van der Waals surface area contributed by atoms with Crippen molar-refractivity contribution in [3.8, 4) is 0 Å². The Morgan fingerprint density at radius 2 is 1.50 bits per heavy atom. The monoisotopic (exact) mass is 132 g/mol.